The van der Waals surface area contributed by atoms with Crippen LogP contribution >= 0.6 is 0 Å². The normalized spacial score (nSPS) is 18.7. The molecule has 1 fully saturated rings. The van der Waals surface area contributed by atoms with E-state index in [1.54, 1.807) is 22.4 Å². The van der Waals surface area contributed by atoms with E-state index in [1.165, 1.54) is 12.5 Å². The van der Waals surface area contributed by atoms with E-state index in [4.69, 9.17) is 0 Å². The second kappa shape index (κ2) is 9.99. The van der Waals surface area contributed by atoms with Crippen molar-refractivity contribution in [2.24, 2.45) is 7.05 Å². The van der Waals surface area contributed by atoms with Gasteiger partial charge < -0.3 is 10.0 Å². The summed E-state index contributed by atoms with van der Waals surface area (Å²) in [5, 5.41) is 11.9. The summed E-state index contributed by atoms with van der Waals surface area (Å²) >= 11 is 0. The fourth-order valence-electron chi connectivity index (χ4n) is 7.07. The summed E-state index contributed by atoms with van der Waals surface area (Å²) in [6, 6.07) is 24.6. The van der Waals surface area contributed by atoms with Gasteiger partial charge in [-0.3, -0.25) is 23.9 Å². The van der Waals surface area contributed by atoms with Crippen molar-refractivity contribution in [1.29, 1.82) is 0 Å². The Kier molecular flexibility index (Phi) is 6.03. The fraction of sp³-hybridized carbons (Fsp3) is 0.222. The third-order valence-electron chi connectivity index (χ3n) is 9.31. The molecule has 6 aromatic rings. The number of hydrogen-bond donors (Lipinski definition) is 1. The molecule has 44 heavy (non-hydrogen) atoms. The van der Waals surface area contributed by atoms with Gasteiger partial charge in [-0.2, -0.15) is 0 Å². The molecule has 0 radical (unpaired) electrons. The number of rotatable bonds is 4. The Bertz CT molecular complexity index is 2210. The number of hydrogen-bond acceptors (Lipinski definition) is 5. The highest BCUT2D eigenvalue weighted by Crippen LogP contribution is 2.39. The van der Waals surface area contributed by atoms with Crippen molar-refractivity contribution in [2.75, 3.05) is 0 Å². The molecule has 0 aliphatic carbocycles. The average molecular weight is 582 g/mol. The number of nitrogens with zero attached hydrogens (tertiary/aromatic N) is 5. The molecule has 3 atom stereocenters. The summed E-state index contributed by atoms with van der Waals surface area (Å²) in [5.41, 5.74) is 8.26. The zero-order chi connectivity index (χ0) is 30.1. The van der Waals surface area contributed by atoms with Gasteiger partial charge in [-0.05, 0) is 79.3 Å². The van der Waals surface area contributed by atoms with E-state index in [0.29, 0.717) is 0 Å². The summed E-state index contributed by atoms with van der Waals surface area (Å²) in [7, 11) is 1.78. The molecule has 5 heterocycles. The lowest BCUT2D eigenvalue weighted by Gasteiger charge is -2.35. The highest BCUT2D eigenvalue weighted by Gasteiger charge is 2.40. The van der Waals surface area contributed by atoms with Gasteiger partial charge in [-0.25, -0.2) is 4.79 Å². The Balaban J connectivity index is 1.21. The van der Waals surface area contributed by atoms with Crippen LogP contribution in [0.2, 0.25) is 0 Å². The molecule has 8 nitrogen and oxygen atoms in total. The lowest BCUT2D eigenvalue weighted by molar-refractivity contribution is -0.141. The first-order valence-electron chi connectivity index (χ1n) is 15.0. The molecule has 8 heteroatoms. The SMILES string of the molecule is CC(O)C(=O)N1[C@@H]2CC[C@H]1C=C(c1ccc(-n3c(=O)n(C)c4cnc5ccc(-c6cnc7ccccc7c6)cc5c43)cc1)C2. The Hall–Kier alpha value is -5.08. The van der Waals surface area contributed by atoms with Crippen LogP contribution in [0.3, 0.4) is 0 Å². The number of aryl methyl sites for hydroxylation is 1. The number of para-hydroxylation sites is 1. The Morgan fingerprint density at radius 3 is 2.48 bits per heavy atom. The van der Waals surface area contributed by atoms with E-state index in [-0.39, 0.29) is 23.7 Å². The molecule has 1 saturated heterocycles. The topological polar surface area (TPSA) is 93.2 Å². The van der Waals surface area contributed by atoms with Crippen molar-refractivity contribution in [3.05, 3.63) is 107 Å². The largest absolute Gasteiger partial charge is 0.384 e. The van der Waals surface area contributed by atoms with E-state index in [0.717, 1.165) is 74.5 Å². The van der Waals surface area contributed by atoms with Gasteiger partial charge in [0.05, 0.1) is 40.0 Å². The molecule has 3 aromatic heterocycles. The van der Waals surface area contributed by atoms with Gasteiger partial charge in [-0.15, -0.1) is 0 Å². The molecule has 3 aromatic carbocycles. The first-order chi connectivity index (χ1) is 21.4. The predicted molar refractivity (Wildman–Crippen MR) is 172 cm³/mol. The summed E-state index contributed by atoms with van der Waals surface area (Å²) in [5.74, 6) is -0.194. The zero-order valence-corrected chi connectivity index (χ0v) is 24.5. The van der Waals surface area contributed by atoms with E-state index in [2.05, 4.69) is 46.4 Å². The summed E-state index contributed by atoms with van der Waals surface area (Å²) < 4.78 is 3.42. The van der Waals surface area contributed by atoms with Crippen LogP contribution in [0.1, 0.15) is 31.7 Å². The lowest BCUT2D eigenvalue weighted by Crippen LogP contribution is -2.46. The fourth-order valence-corrected chi connectivity index (χ4v) is 7.07. The van der Waals surface area contributed by atoms with Crippen LogP contribution in [-0.2, 0) is 11.8 Å². The standard InChI is InChI=1S/C36H31N5O3/c1-21(42)35(43)40-28-12-13-29(40)17-25(16-28)22-7-10-27(11-8-22)41-34-30-18-23(26-15-24-5-3-4-6-31(24)37-19-26)9-14-32(30)38-20-33(34)39(2)36(41)44/h3-11,14-16,18-21,28-29,42H,12-13,17H2,1-2H3/t21?,28-,29+/m0/s1. The molecular formula is C36H31N5O3. The van der Waals surface area contributed by atoms with Crippen molar-refractivity contribution in [2.45, 2.75) is 44.4 Å². The minimum Gasteiger partial charge on any atom is -0.384 e. The molecule has 8 rings (SSSR count). The molecule has 2 aliphatic rings. The molecule has 1 N–H and O–H groups in total. The van der Waals surface area contributed by atoms with Crippen LogP contribution in [-0.4, -0.2) is 53.2 Å². The molecule has 218 valence electrons. The number of carbonyl (C=O) groups is 1. The number of aliphatic hydroxyl groups is 1. The Morgan fingerprint density at radius 2 is 1.68 bits per heavy atom. The number of fused-ring (bicyclic) bond motifs is 6. The lowest BCUT2D eigenvalue weighted by atomic mass is 9.94. The van der Waals surface area contributed by atoms with E-state index >= 15 is 0 Å². The summed E-state index contributed by atoms with van der Waals surface area (Å²) in [6.45, 7) is 1.54. The maximum absolute atomic E-state index is 13.7. The average Bonchev–Trinajstić information content (AvgIpc) is 3.47. The van der Waals surface area contributed by atoms with Gasteiger partial charge in [-0.1, -0.05) is 42.5 Å². The monoisotopic (exact) mass is 581 g/mol. The van der Waals surface area contributed by atoms with Crippen molar-refractivity contribution in [1.82, 2.24) is 24.0 Å². The van der Waals surface area contributed by atoms with Crippen LogP contribution in [0.5, 0.6) is 0 Å². The van der Waals surface area contributed by atoms with Crippen molar-refractivity contribution >= 4 is 44.3 Å². The number of benzene rings is 3. The van der Waals surface area contributed by atoms with E-state index in [9.17, 15) is 14.7 Å². The van der Waals surface area contributed by atoms with Crippen LogP contribution in [0, 0.1) is 0 Å². The van der Waals surface area contributed by atoms with Crippen LogP contribution in [0.25, 0.3) is 55.2 Å². The van der Waals surface area contributed by atoms with Crippen LogP contribution in [0.4, 0.5) is 0 Å². The van der Waals surface area contributed by atoms with Gasteiger partial charge in [0.1, 0.15) is 6.10 Å². The van der Waals surface area contributed by atoms with E-state index < -0.39 is 6.10 Å². The summed E-state index contributed by atoms with van der Waals surface area (Å²) in [6.07, 6.45) is 7.44. The highest BCUT2D eigenvalue weighted by molar-refractivity contribution is 6.05. The van der Waals surface area contributed by atoms with Crippen LogP contribution < -0.4 is 5.69 Å². The molecule has 0 spiro atoms. The maximum atomic E-state index is 13.7. The van der Waals surface area contributed by atoms with Gasteiger partial charge in [0, 0.05) is 35.6 Å². The molecule has 1 amide bonds. The van der Waals surface area contributed by atoms with Crippen molar-refractivity contribution in [3.63, 3.8) is 0 Å². The smallest absolute Gasteiger partial charge is 0.333 e. The molecular weight excluding hydrogens is 550 g/mol. The van der Waals surface area contributed by atoms with Crippen molar-refractivity contribution in [3.8, 4) is 16.8 Å². The number of amides is 1. The Morgan fingerprint density at radius 1 is 0.909 bits per heavy atom. The predicted octanol–water partition coefficient (Wildman–Crippen LogP) is 5.62. The number of aromatic nitrogens is 4. The summed E-state index contributed by atoms with van der Waals surface area (Å²) in [4.78, 5) is 37.5. The zero-order valence-electron chi connectivity index (χ0n) is 24.5. The van der Waals surface area contributed by atoms with Gasteiger partial charge in [0.15, 0.2) is 0 Å². The minimum absolute atomic E-state index is 0.0112. The van der Waals surface area contributed by atoms with Crippen LogP contribution in [0.15, 0.2) is 96.1 Å². The van der Waals surface area contributed by atoms with E-state index in [1.807, 2.05) is 53.6 Å². The number of carbonyl (C=O) groups excluding carboxylic acids is 1. The maximum Gasteiger partial charge on any atom is 0.333 e. The first kappa shape index (κ1) is 26.5. The third kappa shape index (κ3) is 4.09. The molecule has 2 bridgehead atoms. The van der Waals surface area contributed by atoms with Gasteiger partial charge in [0.25, 0.3) is 5.91 Å². The van der Waals surface area contributed by atoms with Gasteiger partial charge in [0.2, 0.25) is 0 Å². The second-order valence-corrected chi connectivity index (χ2v) is 12.0. The molecule has 2 aliphatic heterocycles. The number of aliphatic hydroxyl groups excluding tert-OH is 1. The third-order valence-corrected chi connectivity index (χ3v) is 9.31. The first-order valence-corrected chi connectivity index (χ1v) is 15.0. The molecule has 0 saturated carbocycles. The van der Waals surface area contributed by atoms with Gasteiger partial charge >= 0.3 is 5.69 Å². The second-order valence-electron chi connectivity index (χ2n) is 12.0. The highest BCUT2D eigenvalue weighted by atomic mass is 16.3. The number of pyridine rings is 2. The Labute approximate surface area is 253 Å². The number of imidazole rings is 1. The quantitative estimate of drug-likeness (QED) is 0.292. The molecule has 1 unspecified atom stereocenters. The van der Waals surface area contributed by atoms with Crippen molar-refractivity contribution < 1.29 is 9.90 Å². The minimum atomic E-state index is -0.988.